The van der Waals surface area contributed by atoms with Crippen molar-refractivity contribution in [2.45, 2.75) is 75.5 Å². The van der Waals surface area contributed by atoms with E-state index in [0.717, 1.165) is 0 Å². The molecule has 0 aromatic rings. The molecule has 0 aliphatic carbocycles. The third kappa shape index (κ3) is 13.3. The van der Waals surface area contributed by atoms with Gasteiger partial charge in [0.1, 0.15) is 18.1 Å². The van der Waals surface area contributed by atoms with Crippen molar-refractivity contribution in [3.05, 3.63) is 0 Å². The van der Waals surface area contributed by atoms with E-state index in [1.165, 1.54) is 0 Å². The van der Waals surface area contributed by atoms with E-state index in [2.05, 4.69) is 28.6 Å². The first-order chi connectivity index (χ1) is 16.1. The van der Waals surface area contributed by atoms with Gasteiger partial charge in [0.15, 0.2) is 0 Å². The highest BCUT2D eigenvalue weighted by Crippen LogP contribution is 2.06. The highest BCUT2D eigenvalue weighted by atomic mass is 32.1. The number of aliphatic carboxylic acids is 2. The summed E-state index contributed by atoms with van der Waals surface area (Å²) < 4.78 is 0. The van der Waals surface area contributed by atoms with Crippen LogP contribution < -0.4 is 33.2 Å². The van der Waals surface area contributed by atoms with Gasteiger partial charge in [0, 0.05) is 12.2 Å². The molecule has 0 heterocycles. The maximum absolute atomic E-state index is 12.8. The molecule has 4 atom stereocenters. The number of nitrogens with one attached hydrogen (secondary N) is 3. The fraction of sp³-hybridized carbons (Fsp3) is 0.750. The molecule has 0 radical (unpaired) electrons. The van der Waals surface area contributed by atoms with Gasteiger partial charge in [-0.25, -0.2) is 4.79 Å². The number of nitrogens with two attached hydrogens (primary N) is 3. The lowest BCUT2D eigenvalue weighted by molar-refractivity contribution is -0.142. The molecule has 0 spiro atoms. The summed E-state index contributed by atoms with van der Waals surface area (Å²) in [7, 11) is 0. The van der Waals surface area contributed by atoms with Gasteiger partial charge in [-0.1, -0.05) is 0 Å². The van der Waals surface area contributed by atoms with Crippen molar-refractivity contribution in [1.29, 1.82) is 0 Å². The van der Waals surface area contributed by atoms with Gasteiger partial charge in [-0.15, -0.1) is 0 Å². The summed E-state index contributed by atoms with van der Waals surface area (Å²) in [6, 6.07) is -4.48. The molecular formula is C20H38N6O7S. The van der Waals surface area contributed by atoms with Crippen LogP contribution in [0.1, 0.15) is 51.4 Å². The summed E-state index contributed by atoms with van der Waals surface area (Å²) in [5.41, 5.74) is 16.6. The first-order valence-electron chi connectivity index (χ1n) is 11.2. The molecule has 4 unspecified atom stereocenters. The highest BCUT2D eigenvalue weighted by Gasteiger charge is 2.29. The second-order valence-electron chi connectivity index (χ2n) is 7.81. The van der Waals surface area contributed by atoms with Crippen LogP contribution in [0.3, 0.4) is 0 Å². The van der Waals surface area contributed by atoms with Gasteiger partial charge >= 0.3 is 11.9 Å². The van der Waals surface area contributed by atoms with Crippen LogP contribution in [0.15, 0.2) is 0 Å². The molecule has 3 amide bonds. The zero-order valence-electron chi connectivity index (χ0n) is 19.2. The van der Waals surface area contributed by atoms with Crippen molar-refractivity contribution < 1.29 is 34.2 Å². The van der Waals surface area contributed by atoms with E-state index >= 15 is 0 Å². The Morgan fingerprint density at radius 1 is 0.706 bits per heavy atom. The number of rotatable bonds is 19. The Balaban J connectivity index is 5.19. The number of carboxylic acids is 2. The number of carbonyl (C=O) groups is 5. The number of hydrogen-bond donors (Lipinski definition) is 9. The smallest absolute Gasteiger partial charge is 0.326 e. The van der Waals surface area contributed by atoms with Gasteiger partial charge in [0.25, 0.3) is 0 Å². The van der Waals surface area contributed by atoms with Gasteiger partial charge in [-0.2, -0.15) is 12.6 Å². The van der Waals surface area contributed by atoms with Crippen molar-refractivity contribution in [3.8, 4) is 0 Å². The van der Waals surface area contributed by atoms with Crippen molar-refractivity contribution >= 4 is 42.3 Å². The van der Waals surface area contributed by atoms with Crippen LogP contribution in [0.4, 0.5) is 0 Å². The normalized spacial score (nSPS) is 14.4. The standard InChI is InChI=1S/C20H38N6O7S/c21-9-3-1-5-13(24-17(29)12(23)7-8-16(27)28)18(30)26-15(11-34)19(31)25-14(20(32)33)6-2-4-10-22/h12-15,34H,1-11,21-23H2,(H,24,29)(H,25,31)(H,26,30)(H,27,28)(H,32,33). The second-order valence-corrected chi connectivity index (χ2v) is 8.18. The molecule has 13 nitrogen and oxygen atoms in total. The summed E-state index contributed by atoms with van der Waals surface area (Å²) in [6.07, 6.45) is 2.16. The number of carbonyl (C=O) groups excluding carboxylic acids is 3. The first-order valence-corrected chi connectivity index (χ1v) is 11.8. The summed E-state index contributed by atoms with van der Waals surface area (Å²) in [4.78, 5) is 59.9. The Kier molecular flexibility index (Phi) is 16.7. The van der Waals surface area contributed by atoms with Gasteiger partial charge in [0.2, 0.25) is 17.7 Å². The predicted molar refractivity (Wildman–Crippen MR) is 128 cm³/mol. The van der Waals surface area contributed by atoms with Crippen LogP contribution in [0, 0.1) is 0 Å². The largest absolute Gasteiger partial charge is 0.481 e. The zero-order valence-corrected chi connectivity index (χ0v) is 20.1. The van der Waals surface area contributed by atoms with E-state index in [0.29, 0.717) is 38.8 Å². The number of unbranched alkanes of at least 4 members (excludes halogenated alkanes) is 2. The van der Waals surface area contributed by atoms with Gasteiger partial charge in [-0.05, 0) is 58.0 Å². The number of hydrogen-bond acceptors (Lipinski definition) is 9. The number of carboxylic acid groups (broad SMARTS) is 2. The SMILES string of the molecule is NCCCCC(NC(=O)C(CS)NC(=O)C(CCCCN)NC(=O)C(N)CCC(=O)O)C(=O)O. The molecule has 11 N–H and O–H groups in total. The van der Waals surface area contributed by atoms with Crippen molar-refractivity contribution in [2.75, 3.05) is 18.8 Å². The van der Waals surface area contributed by atoms with Gasteiger partial charge in [-0.3, -0.25) is 19.2 Å². The molecule has 34 heavy (non-hydrogen) atoms. The third-order valence-electron chi connectivity index (χ3n) is 4.96. The van der Waals surface area contributed by atoms with Crippen LogP contribution in [-0.4, -0.2) is 82.9 Å². The highest BCUT2D eigenvalue weighted by molar-refractivity contribution is 7.80. The van der Waals surface area contributed by atoms with Crippen molar-refractivity contribution in [1.82, 2.24) is 16.0 Å². The predicted octanol–water partition coefficient (Wildman–Crippen LogP) is -2.09. The molecule has 0 saturated carbocycles. The lowest BCUT2D eigenvalue weighted by Crippen LogP contribution is -2.57. The van der Waals surface area contributed by atoms with Crippen LogP contribution >= 0.6 is 12.6 Å². The summed E-state index contributed by atoms with van der Waals surface area (Å²) in [5.74, 6) is -4.54. The van der Waals surface area contributed by atoms with E-state index in [1.807, 2.05) is 0 Å². The van der Waals surface area contributed by atoms with Crippen LogP contribution in [-0.2, 0) is 24.0 Å². The van der Waals surface area contributed by atoms with Crippen LogP contribution in [0.2, 0.25) is 0 Å². The van der Waals surface area contributed by atoms with E-state index in [1.54, 1.807) is 0 Å². The molecule has 0 saturated heterocycles. The molecule has 0 aromatic carbocycles. The Hall–Kier alpha value is -2.42. The molecule has 196 valence electrons. The van der Waals surface area contributed by atoms with E-state index in [4.69, 9.17) is 22.3 Å². The summed E-state index contributed by atoms with van der Waals surface area (Å²) >= 11 is 4.07. The lowest BCUT2D eigenvalue weighted by atomic mass is 10.1. The van der Waals surface area contributed by atoms with E-state index in [9.17, 15) is 29.1 Å². The molecule has 0 aromatic heterocycles. The Morgan fingerprint density at radius 3 is 1.65 bits per heavy atom. The zero-order chi connectivity index (χ0) is 26.1. The number of thiol groups is 1. The minimum atomic E-state index is -1.21. The minimum Gasteiger partial charge on any atom is -0.481 e. The quantitative estimate of drug-likeness (QED) is 0.0683. The molecule has 0 fully saturated rings. The maximum Gasteiger partial charge on any atom is 0.326 e. The van der Waals surface area contributed by atoms with Gasteiger partial charge < -0.3 is 43.4 Å². The van der Waals surface area contributed by atoms with Crippen molar-refractivity contribution in [2.24, 2.45) is 17.2 Å². The summed E-state index contributed by atoms with van der Waals surface area (Å²) in [6.45, 7) is 0.773. The van der Waals surface area contributed by atoms with Crippen LogP contribution in [0.25, 0.3) is 0 Å². The molecule has 0 rings (SSSR count). The fourth-order valence-electron chi connectivity index (χ4n) is 2.94. The topological polar surface area (TPSA) is 240 Å². The average molecular weight is 507 g/mol. The Labute approximate surface area is 204 Å². The maximum atomic E-state index is 12.8. The minimum absolute atomic E-state index is 0.110. The monoisotopic (exact) mass is 506 g/mol. The number of amides is 3. The molecule has 0 aliphatic rings. The summed E-state index contributed by atoms with van der Waals surface area (Å²) in [5, 5.41) is 25.4. The van der Waals surface area contributed by atoms with Gasteiger partial charge in [0.05, 0.1) is 6.04 Å². The Morgan fingerprint density at radius 2 is 1.18 bits per heavy atom. The molecule has 0 aliphatic heterocycles. The lowest BCUT2D eigenvalue weighted by Gasteiger charge is -2.24. The fourth-order valence-corrected chi connectivity index (χ4v) is 3.20. The van der Waals surface area contributed by atoms with E-state index in [-0.39, 0.29) is 31.4 Å². The second kappa shape index (κ2) is 18.0. The van der Waals surface area contributed by atoms with E-state index < -0.39 is 53.8 Å². The van der Waals surface area contributed by atoms with Crippen molar-refractivity contribution in [3.63, 3.8) is 0 Å². The Bertz CT molecular complexity index is 682. The third-order valence-corrected chi connectivity index (χ3v) is 5.33. The van der Waals surface area contributed by atoms with Crippen LogP contribution in [0.5, 0.6) is 0 Å². The average Bonchev–Trinajstić information content (AvgIpc) is 2.79. The molecular weight excluding hydrogens is 468 g/mol. The molecule has 14 heteroatoms. The first kappa shape index (κ1) is 31.6. The molecule has 0 bridgehead atoms.